The van der Waals surface area contributed by atoms with Gasteiger partial charge >= 0.3 is 0 Å². The minimum atomic E-state index is 0.234. The Kier molecular flexibility index (Phi) is 5.27. The molecule has 0 aromatic heterocycles. The lowest BCUT2D eigenvalue weighted by Crippen LogP contribution is -2.59. The molecule has 2 fully saturated rings. The molecular formula is C16H32N2O. The first-order valence-corrected chi connectivity index (χ1v) is 8.08. The zero-order valence-electron chi connectivity index (χ0n) is 13.0. The summed E-state index contributed by atoms with van der Waals surface area (Å²) in [6.07, 6.45) is 8.30. The Morgan fingerprint density at radius 3 is 2.53 bits per heavy atom. The van der Waals surface area contributed by atoms with E-state index in [1.165, 1.54) is 38.5 Å². The Labute approximate surface area is 118 Å². The van der Waals surface area contributed by atoms with E-state index in [2.05, 4.69) is 18.7 Å². The van der Waals surface area contributed by atoms with E-state index in [-0.39, 0.29) is 5.54 Å². The van der Waals surface area contributed by atoms with E-state index in [0.29, 0.717) is 6.04 Å². The largest absolute Gasteiger partial charge is 0.383 e. The van der Waals surface area contributed by atoms with Gasteiger partial charge in [-0.1, -0.05) is 12.8 Å². The fraction of sp³-hybridized carbons (Fsp3) is 1.00. The van der Waals surface area contributed by atoms with Crippen molar-refractivity contribution in [2.24, 2.45) is 17.6 Å². The fourth-order valence-corrected chi connectivity index (χ4v) is 4.15. The maximum atomic E-state index is 6.25. The highest BCUT2D eigenvalue weighted by Crippen LogP contribution is 2.48. The van der Waals surface area contributed by atoms with Gasteiger partial charge < -0.3 is 10.5 Å². The number of hydrogen-bond donors (Lipinski definition) is 1. The van der Waals surface area contributed by atoms with Crippen molar-refractivity contribution in [3.63, 3.8) is 0 Å². The van der Waals surface area contributed by atoms with Gasteiger partial charge in [0.2, 0.25) is 0 Å². The normalized spacial score (nSPS) is 32.2. The van der Waals surface area contributed by atoms with E-state index < -0.39 is 0 Å². The molecule has 112 valence electrons. The lowest BCUT2D eigenvalue weighted by atomic mass is 9.72. The molecule has 2 aliphatic carbocycles. The van der Waals surface area contributed by atoms with E-state index >= 15 is 0 Å². The summed E-state index contributed by atoms with van der Waals surface area (Å²) in [5, 5.41) is 0. The molecule has 2 aliphatic rings. The van der Waals surface area contributed by atoms with E-state index in [9.17, 15) is 0 Å². The van der Waals surface area contributed by atoms with Gasteiger partial charge in [-0.05, 0) is 51.4 Å². The zero-order chi connectivity index (χ0) is 13.9. The first kappa shape index (κ1) is 15.3. The van der Waals surface area contributed by atoms with Gasteiger partial charge in [-0.25, -0.2) is 0 Å². The van der Waals surface area contributed by atoms with Crippen LogP contribution >= 0.6 is 0 Å². The third-order valence-electron chi connectivity index (χ3n) is 5.30. The second-order valence-electron chi connectivity index (χ2n) is 6.90. The Bertz CT molecular complexity index is 278. The average molecular weight is 268 g/mol. The number of rotatable bonds is 7. The van der Waals surface area contributed by atoms with Gasteiger partial charge in [0, 0.05) is 31.8 Å². The van der Waals surface area contributed by atoms with Crippen LogP contribution in [0.4, 0.5) is 0 Å². The summed E-state index contributed by atoms with van der Waals surface area (Å²) in [7, 11) is 1.79. The van der Waals surface area contributed by atoms with Gasteiger partial charge in [-0.15, -0.1) is 0 Å². The summed E-state index contributed by atoms with van der Waals surface area (Å²) >= 11 is 0. The predicted octanol–water partition coefficient (Wildman–Crippen LogP) is 2.64. The van der Waals surface area contributed by atoms with Crippen LogP contribution < -0.4 is 5.73 Å². The standard InChI is InChI=1S/C16H32N2O/c1-13(2)18(9-10-19-3)16(12-17)8-4-5-15(11-16)14-6-7-14/h13-15H,4-12,17H2,1-3H3. The molecular weight excluding hydrogens is 236 g/mol. The maximum absolute atomic E-state index is 6.25. The molecule has 2 atom stereocenters. The quantitative estimate of drug-likeness (QED) is 0.771. The summed E-state index contributed by atoms with van der Waals surface area (Å²) in [5.74, 6) is 1.95. The molecule has 3 heteroatoms. The molecule has 3 nitrogen and oxygen atoms in total. The highest BCUT2D eigenvalue weighted by molar-refractivity contribution is 5.00. The third kappa shape index (κ3) is 3.50. The van der Waals surface area contributed by atoms with E-state index in [4.69, 9.17) is 10.5 Å². The first-order valence-electron chi connectivity index (χ1n) is 8.08. The van der Waals surface area contributed by atoms with Gasteiger partial charge in [0.1, 0.15) is 0 Å². The molecule has 0 amide bonds. The highest BCUT2D eigenvalue weighted by Gasteiger charge is 2.44. The molecule has 0 spiro atoms. The molecule has 2 rings (SSSR count). The Morgan fingerprint density at radius 1 is 1.26 bits per heavy atom. The van der Waals surface area contributed by atoms with Crippen LogP contribution in [0.2, 0.25) is 0 Å². The van der Waals surface area contributed by atoms with Crippen molar-refractivity contribution >= 4 is 0 Å². The minimum Gasteiger partial charge on any atom is -0.383 e. The van der Waals surface area contributed by atoms with Crippen LogP contribution in [0.3, 0.4) is 0 Å². The number of nitrogens with zero attached hydrogens (tertiary/aromatic N) is 1. The minimum absolute atomic E-state index is 0.234. The van der Waals surface area contributed by atoms with Crippen LogP contribution in [-0.4, -0.2) is 43.3 Å². The van der Waals surface area contributed by atoms with Gasteiger partial charge in [0.05, 0.1) is 6.61 Å². The number of ether oxygens (including phenoxy) is 1. The molecule has 0 aromatic carbocycles. The van der Waals surface area contributed by atoms with Crippen LogP contribution in [-0.2, 0) is 4.74 Å². The van der Waals surface area contributed by atoms with Crippen LogP contribution in [0.1, 0.15) is 52.4 Å². The molecule has 2 N–H and O–H groups in total. The number of methoxy groups -OCH3 is 1. The van der Waals surface area contributed by atoms with E-state index in [1.807, 2.05) is 0 Å². The summed E-state index contributed by atoms with van der Waals surface area (Å²) in [5.41, 5.74) is 6.48. The molecule has 0 bridgehead atoms. The number of hydrogen-bond acceptors (Lipinski definition) is 3. The highest BCUT2D eigenvalue weighted by atomic mass is 16.5. The average Bonchev–Trinajstić information content (AvgIpc) is 3.23. The predicted molar refractivity (Wildman–Crippen MR) is 80.2 cm³/mol. The monoisotopic (exact) mass is 268 g/mol. The van der Waals surface area contributed by atoms with Crippen molar-refractivity contribution < 1.29 is 4.74 Å². The van der Waals surface area contributed by atoms with Crippen LogP contribution in [0.15, 0.2) is 0 Å². The second-order valence-corrected chi connectivity index (χ2v) is 6.90. The fourth-order valence-electron chi connectivity index (χ4n) is 4.15. The Hall–Kier alpha value is -0.120. The molecule has 2 unspecified atom stereocenters. The van der Waals surface area contributed by atoms with Crippen molar-refractivity contribution in [1.29, 1.82) is 0 Å². The van der Waals surface area contributed by atoms with Crippen molar-refractivity contribution in [1.82, 2.24) is 4.90 Å². The van der Waals surface area contributed by atoms with Crippen LogP contribution in [0, 0.1) is 11.8 Å². The van der Waals surface area contributed by atoms with Gasteiger partial charge in [-0.3, -0.25) is 4.90 Å². The van der Waals surface area contributed by atoms with E-state index in [0.717, 1.165) is 31.5 Å². The SMILES string of the molecule is COCCN(C(C)C)C1(CN)CCCC(C2CC2)C1. The van der Waals surface area contributed by atoms with Crippen molar-refractivity contribution in [2.45, 2.75) is 64.0 Å². The summed E-state index contributed by atoms with van der Waals surface area (Å²) in [6, 6.07) is 0.552. The van der Waals surface area contributed by atoms with Crippen LogP contribution in [0.25, 0.3) is 0 Å². The lowest BCUT2D eigenvalue weighted by molar-refractivity contribution is -0.00744. The lowest BCUT2D eigenvalue weighted by Gasteiger charge is -2.50. The zero-order valence-corrected chi connectivity index (χ0v) is 13.0. The molecule has 0 heterocycles. The van der Waals surface area contributed by atoms with E-state index in [1.54, 1.807) is 7.11 Å². The molecule has 0 aliphatic heterocycles. The first-order chi connectivity index (χ1) is 9.13. The topological polar surface area (TPSA) is 38.5 Å². The third-order valence-corrected chi connectivity index (χ3v) is 5.30. The summed E-state index contributed by atoms with van der Waals surface area (Å²) < 4.78 is 5.31. The molecule has 19 heavy (non-hydrogen) atoms. The van der Waals surface area contributed by atoms with Gasteiger partial charge in [-0.2, -0.15) is 0 Å². The summed E-state index contributed by atoms with van der Waals surface area (Å²) in [4.78, 5) is 2.63. The molecule has 2 saturated carbocycles. The molecule has 0 saturated heterocycles. The van der Waals surface area contributed by atoms with Crippen molar-refractivity contribution in [3.05, 3.63) is 0 Å². The Morgan fingerprint density at radius 2 is 2.00 bits per heavy atom. The smallest absolute Gasteiger partial charge is 0.0590 e. The van der Waals surface area contributed by atoms with Gasteiger partial charge in [0.15, 0.2) is 0 Å². The summed E-state index contributed by atoms with van der Waals surface area (Å²) in [6.45, 7) is 7.23. The number of nitrogens with two attached hydrogens (primary N) is 1. The molecule has 0 radical (unpaired) electrons. The molecule has 0 aromatic rings. The van der Waals surface area contributed by atoms with Crippen LogP contribution in [0.5, 0.6) is 0 Å². The van der Waals surface area contributed by atoms with Crippen molar-refractivity contribution in [3.8, 4) is 0 Å². The van der Waals surface area contributed by atoms with Gasteiger partial charge in [0.25, 0.3) is 0 Å². The maximum Gasteiger partial charge on any atom is 0.0590 e. The van der Waals surface area contributed by atoms with Crippen molar-refractivity contribution in [2.75, 3.05) is 26.8 Å². The Balaban J connectivity index is 2.08. The second kappa shape index (κ2) is 6.55.